The SMILES string of the molecule is CC(C)OC(=O)c1ccc(NC(=O)CCCc2nnc3ccccn23)cc1. The highest BCUT2D eigenvalue weighted by atomic mass is 16.5. The van der Waals surface area contributed by atoms with E-state index in [9.17, 15) is 9.59 Å². The molecule has 7 nitrogen and oxygen atoms in total. The fourth-order valence-electron chi connectivity index (χ4n) is 2.66. The number of nitrogens with zero attached hydrogens (tertiary/aromatic N) is 3. The van der Waals surface area contributed by atoms with Crippen LogP contribution in [0.4, 0.5) is 5.69 Å². The molecule has 2 aromatic heterocycles. The molecule has 0 aliphatic heterocycles. The normalized spacial score (nSPS) is 10.9. The number of amides is 1. The lowest BCUT2D eigenvalue weighted by Crippen LogP contribution is -2.13. The molecule has 0 atom stereocenters. The Morgan fingerprint density at radius 3 is 2.63 bits per heavy atom. The molecule has 0 saturated heterocycles. The van der Waals surface area contributed by atoms with E-state index in [0.717, 1.165) is 11.5 Å². The third-order valence-electron chi connectivity index (χ3n) is 3.94. The monoisotopic (exact) mass is 366 g/mol. The van der Waals surface area contributed by atoms with Crippen molar-refractivity contribution in [1.82, 2.24) is 14.6 Å². The fraction of sp³-hybridized carbons (Fsp3) is 0.300. The number of esters is 1. The highest BCUT2D eigenvalue weighted by Crippen LogP contribution is 2.13. The van der Waals surface area contributed by atoms with Crippen LogP contribution in [0.2, 0.25) is 0 Å². The lowest BCUT2D eigenvalue weighted by molar-refractivity contribution is -0.116. The molecule has 0 radical (unpaired) electrons. The van der Waals surface area contributed by atoms with Crippen molar-refractivity contribution >= 4 is 23.2 Å². The highest BCUT2D eigenvalue weighted by Gasteiger charge is 2.10. The van der Waals surface area contributed by atoms with Crippen LogP contribution in [0, 0.1) is 0 Å². The van der Waals surface area contributed by atoms with Crippen LogP contribution in [0.3, 0.4) is 0 Å². The van der Waals surface area contributed by atoms with Crippen molar-refractivity contribution in [2.45, 2.75) is 39.2 Å². The minimum Gasteiger partial charge on any atom is -0.459 e. The Hall–Kier alpha value is -3.22. The van der Waals surface area contributed by atoms with Crippen molar-refractivity contribution in [3.63, 3.8) is 0 Å². The van der Waals surface area contributed by atoms with Gasteiger partial charge in [-0.2, -0.15) is 0 Å². The Morgan fingerprint density at radius 1 is 1.11 bits per heavy atom. The number of ether oxygens (including phenoxy) is 1. The summed E-state index contributed by atoms with van der Waals surface area (Å²) in [6.45, 7) is 3.60. The molecular weight excluding hydrogens is 344 g/mol. The van der Waals surface area contributed by atoms with Crippen LogP contribution in [-0.2, 0) is 16.0 Å². The van der Waals surface area contributed by atoms with Gasteiger partial charge in [0.05, 0.1) is 11.7 Å². The highest BCUT2D eigenvalue weighted by molar-refractivity contribution is 5.93. The van der Waals surface area contributed by atoms with E-state index in [0.29, 0.717) is 30.5 Å². The van der Waals surface area contributed by atoms with Crippen molar-refractivity contribution in [2.24, 2.45) is 0 Å². The summed E-state index contributed by atoms with van der Waals surface area (Å²) in [5, 5.41) is 11.1. The summed E-state index contributed by atoms with van der Waals surface area (Å²) in [6, 6.07) is 12.4. The zero-order valence-electron chi connectivity index (χ0n) is 15.4. The summed E-state index contributed by atoms with van der Waals surface area (Å²) < 4.78 is 7.06. The smallest absolute Gasteiger partial charge is 0.338 e. The lowest BCUT2D eigenvalue weighted by atomic mass is 10.2. The van der Waals surface area contributed by atoms with Gasteiger partial charge in [-0.15, -0.1) is 10.2 Å². The molecule has 0 unspecified atom stereocenters. The van der Waals surface area contributed by atoms with Crippen molar-refractivity contribution in [3.05, 3.63) is 60.0 Å². The second kappa shape index (κ2) is 8.44. The Kier molecular flexibility index (Phi) is 5.80. The van der Waals surface area contributed by atoms with Crippen molar-refractivity contribution < 1.29 is 14.3 Å². The molecule has 3 rings (SSSR count). The average molecular weight is 366 g/mol. The van der Waals surface area contributed by atoms with E-state index >= 15 is 0 Å². The van der Waals surface area contributed by atoms with Gasteiger partial charge in [0.2, 0.25) is 5.91 Å². The predicted octanol–water partition coefficient (Wildman–Crippen LogP) is 3.26. The molecule has 7 heteroatoms. The quantitative estimate of drug-likeness (QED) is 0.649. The Morgan fingerprint density at radius 2 is 1.89 bits per heavy atom. The van der Waals surface area contributed by atoms with Gasteiger partial charge >= 0.3 is 5.97 Å². The summed E-state index contributed by atoms with van der Waals surface area (Å²) in [7, 11) is 0. The number of carbonyl (C=O) groups excluding carboxylic acids is 2. The van der Waals surface area contributed by atoms with Gasteiger partial charge in [-0.25, -0.2) is 4.79 Å². The zero-order chi connectivity index (χ0) is 19.2. The summed E-state index contributed by atoms with van der Waals surface area (Å²) in [5.41, 5.74) is 1.91. The first-order valence-corrected chi connectivity index (χ1v) is 8.92. The van der Waals surface area contributed by atoms with Gasteiger partial charge in [0, 0.05) is 24.7 Å². The molecule has 3 aromatic rings. The molecule has 1 aromatic carbocycles. The molecule has 1 amide bonds. The van der Waals surface area contributed by atoms with E-state index in [-0.39, 0.29) is 18.0 Å². The maximum absolute atomic E-state index is 12.1. The minimum atomic E-state index is -0.372. The Bertz CT molecular complexity index is 932. The summed E-state index contributed by atoms with van der Waals surface area (Å²) in [5.74, 6) is 0.385. The zero-order valence-corrected chi connectivity index (χ0v) is 15.4. The second-order valence-corrected chi connectivity index (χ2v) is 6.48. The van der Waals surface area contributed by atoms with Crippen LogP contribution in [0.1, 0.15) is 42.9 Å². The van der Waals surface area contributed by atoms with Gasteiger partial charge in [0.1, 0.15) is 5.82 Å². The van der Waals surface area contributed by atoms with Crippen molar-refractivity contribution in [3.8, 4) is 0 Å². The van der Waals surface area contributed by atoms with E-state index in [2.05, 4.69) is 15.5 Å². The minimum absolute atomic E-state index is 0.0821. The molecule has 0 bridgehead atoms. The van der Waals surface area contributed by atoms with Gasteiger partial charge in [0.25, 0.3) is 0 Å². The molecule has 140 valence electrons. The van der Waals surface area contributed by atoms with Crippen LogP contribution in [0.5, 0.6) is 0 Å². The number of fused-ring (bicyclic) bond motifs is 1. The number of pyridine rings is 1. The first-order valence-electron chi connectivity index (χ1n) is 8.92. The number of carbonyl (C=O) groups is 2. The topological polar surface area (TPSA) is 85.6 Å². The number of benzene rings is 1. The van der Waals surface area contributed by atoms with Crippen molar-refractivity contribution in [2.75, 3.05) is 5.32 Å². The fourth-order valence-corrected chi connectivity index (χ4v) is 2.66. The molecule has 0 saturated carbocycles. The van der Waals surface area contributed by atoms with Crippen LogP contribution in [0.25, 0.3) is 5.65 Å². The molecule has 27 heavy (non-hydrogen) atoms. The number of hydrogen-bond acceptors (Lipinski definition) is 5. The molecule has 1 N–H and O–H groups in total. The Balaban J connectivity index is 1.48. The molecule has 2 heterocycles. The number of aryl methyl sites for hydroxylation is 1. The van der Waals surface area contributed by atoms with E-state index in [1.165, 1.54) is 0 Å². The predicted molar refractivity (Wildman–Crippen MR) is 102 cm³/mol. The first-order chi connectivity index (χ1) is 13.0. The molecule has 0 spiro atoms. The third-order valence-corrected chi connectivity index (χ3v) is 3.94. The number of aromatic nitrogens is 3. The number of hydrogen-bond donors (Lipinski definition) is 1. The summed E-state index contributed by atoms with van der Waals surface area (Å²) in [4.78, 5) is 23.9. The second-order valence-electron chi connectivity index (χ2n) is 6.48. The van der Waals surface area contributed by atoms with Crippen LogP contribution in [-0.4, -0.2) is 32.6 Å². The molecular formula is C20H22N4O3. The molecule has 0 aliphatic carbocycles. The van der Waals surface area contributed by atoms with E-state index in [1.54, 1.807) is 38.1 Å². The molecule has 0 fully saturated rings. The molecule has 0 aliphatic rings. The third kappa shape index (κ3) is 4.91. The van der Waals surface area contributed by atoms with E-state index < -0.39 is 0 Å². The van der Waals surface area contributed by atoms with Crippen molar-refractivity contribution in [1.29, 1.82) is 0 Å². The van der Waals surface area contributed by atoms with Gasteiger partial charge < -0.3 is 10.1 Å². The maximum atomic E-state index is 12.1. The van der Waals surface area contributed by atoms with Crippen LogP contribution >= 0.6 is 0 Å². The number of rotatable bonds is 7. The summed E-state index contributed by atoms with van der Waals surface area (Å²) >= 11 is 0. The van der Waals surface area contributed by atoms with E-state index in [1.807, 2.05) is 28.8 Å². The van der Waals surface area contributed by atoms with E-state index in [4.69, 9.17) is 4.74 Å². The first kappa shape index (κ1) is 18.6. The number of anilines is 1. The lowest BCUT2D eigenvalue weighted by Gasteiger charge is -2.09. The number of nitrogens with one attached hydrogen (secondary N) is 1. The average Bonchev–Trinajstić information content (AvgIpc) is 3.05. The van der Waals surface area contributed by atoms with Crippen LogP contribution < -0.4 is 5.32 Å². The van der Waals surface area contributed by atoms with Gasteiger partial charge in [0.15, 0.2) is 5.65 Å². The summed E-state index contributed by atoms with van der Waals surface area (Å²) in [6.07, 6.45) is 3.45. The van der Waals surface area contributed by atoms with Gasteiger partial charge in [-0.1, -0.05) is 6.07 Å². The standard InChI is InChI=1S/C20H22N4O3/c1-14(2)27-20(26)15-9-11-16(12-10-15)21-19(25)8-5-7-18-23-22-17-6-3-4-13-24(17)18/h3-4,6,9-14H,5,7-8H2,1-2H3,(H,21,25). The maximum Gasteiger partial charge on any atom is 0.338 e. The Labute approximate surface area is 157 Å². The van der Waals surface area contributed by atoms with Crippen LogP contribution in [0.15, 0.2) is 48.7 Å². The largest absolute Gasteiger partial charge is 0.459 e. The van der Waals surface area contributed by atoms with Gasteiger partial charge in [-0.05, 0) is 56.7 Å². The van der Waals surface area contributed by atoms with Gasteiger partial charge in [-0.3, -0.25) is 9.20 Å².